The average molecular weight is 589 g/mol. The van der Waals surface area contributed by atoms with Gasteiger partial charge < -0.3 is 9.47 Å². The average Bonchev–Trinajstić information content (AvgIpc) is 2.48. The van der Waals surface area contributed by atoms with Crippen LogP contribution in [0.4, 0.5) is 0 Å². The minimum Gasteiger partial charge on any atom is -0.486 e. The van der Waals surface area contributed by atoms with Crippen LogP contribution in [-0.4, -0.2) is 13.2 Å². The van der Waals surface area contributed by atoms with E-state index in [9.17, 15) is 0 Å². The summed E-state index contributed by atoms with van der Waals surface area (Å²) in [7, 11) is 0. The van der Waals surface area contributed by atoms with Gasteiger partial charge >= 0.3 is 0 Å². The first-order valence-electron chi connectivity index (χ1n) is 6.24. The number of hydrogen-bond acceptors (Lipinski definition) is 2. The molecule has 2 aromatic carbocycles. The number of benzene rings is 2. The number of alkyl halides is 1. The van der Waals surface area contributed by atoms with Crippen LogP contribution < -0.4 is 9.47 Å². The molecule has 110 valence electrons. The normalized spacial score (nSPS) is 14.9. The Labute approximate surface area is 162 Å². The Hall–Kier alpha value is 0.210. The lowest BCUT2D eigenvalue weighted by atomic mass is 10.0. The Morgan fingerprint density at radius 2 is 1.62 bits per heavy atom. The molecule has 0 saturated carbocycles. The number of hydrogen-bond donors (Lipinski definition) is 0. The summed E-state index contributed by atoms with van der Waals surface area (Å²) >= 11 is 13.3. The Morgan fingerprint density at radius 1 is 0.952 bits per heavy atom. The van der Waals surface area contributed by atoms with E-state index in [0.717, 1.165) is 26.0 Å². The monoisotopic (exact) mass is 586 g/mol. The van der Waals surface area contributed by atoms with Gasteiger partial charge in [0.2, 0.25) is 0 Å². The van der Waals surface area contributed by atoms with Crippen molar-refractivity contribution in [2.24, 2.45) is 0 Å². The molecular weight excluding hydrogens is 579 g/mol. The lowest BCUT2D eigenvalue weighted by molar-refractivity contribution is 0.171. The zero-order valence-corrected chi connectivity index (χ0v) is 17.6. The van der Waals surface area contributed by atoms with E-state index in [0.29, 0.717) is 13.2 Å². The topological polar surface area (TPSA) is 18.5 Å². The summed E-state index contributed by atoms with van der Waals surface area (Å²) in [5.41, 5.74) is 2.33. The van der Waals surface area contributed by atoms with Gasteiger partial charge in [0.25, 0.3) is 0 Å². The summed E-state index contributed by atoms with van der Waals surface area (Å²) < 4.78 is 14.6. The van der Waals surface area contributed by atoms with Gasteiger partial charge in [-0.25, -0.2) is 0 Å². The summed E-state index contributed by atoms with van der Waals surface area (Å²) in [5.74, 6) is 1.59. The van der Waals surface area contributed by atoms with Crippen molar-refractivity contribution in [1.82, 2.24) is 0 Å². The summed E-state index contributed by atoms with van der Waals surface area (Å²) in [6.45, 7) is 1.19. The highest BCUT2D eigenvalue weighted by atomic mass is 127. The quantitative estimate of drug-likeness (QED) is 0.313. The second-order valence-corrected chi connectivity index (χ2v) is 8.39. The Morgan fingerprint density at radius 3 is 2.33 bits per heavy atom. The van der Waals surface area contributed by atoms with Gasteiger partial charge in [-0.3, -0.25) is 0 Å². The molecule has 1 aliphatic rings. The van der Waals surface area contributed by atoms with Crippen molar-refractivity contribution < 1.29 is 9.47 Å². The van der Waals surface area contributed by atoms with Crippen LogP contribution in [0.15, 0.2) is 39.3 Å². The summed E-state index contributed by atoms with van der Waals surface area (Å²) in [6.07, 6.45) is 0. The fourth-order valence-electron chi connectivity index (χ4n) is 2.15. The van der Waals surface area contributed by atoms with Gasteiger partial charge in [-0.05, 0) is 64.0 Å². The van der Waals surface area contributed by atoms with Crippen molar-refractivity contribution in [3.05, 3.63) is 54.0 Å². The lowest BCUT2D eigenvalue weighted by Gasteiger charge is -2.22. The van der Waals surface area contributed by atoms with Crippen molar-refractivity contribution >= 4 is 70.4 Å². The molecule has 0 aliphatic carbocycles. The predicted molar refractivity (Wildman–Crippen MR) is 103 cm³/mol. The fraction of sp³-hybridized carbons (Fsp3) is 0.200. The third-order valence-electron chi connectivity index (χ3n) is 3.17. The Kier molecular flexibility index (Phi) is 5.18. The Balaban J connectivity index is 2.05. The van der Waals surface area contributed by atoms with Crippen LogP contribution in [0.5, 0.6) is 11.5 Å². The zero-order chi connectivity index (χ0) is 15.0. The van der Waals surface area contributed by atoms with Crippen LogP contribution in [0.25, 0.3) is 0 Å². The molecule has 0 saturated heterocycles. The molecule has 6 heteroatoms. The van der Waals surface area contributed by atoms with E-state index in [-0.39, 0.29) is 4.83 Å². The van der Waals surface area contributed by atoms with Gasteiger partial charge in [-0.1, -0.05) is 47.8 Å². The van der Waals surface area contributed by atoms with Crippen molar-refractivity contribution in [1.29, 1.82) is 0 Å². The van der Waals surface area contributed by atoms with E-state index < -0.39 is 0 Å². The minimum absolute atomic E-state index is 0.0760. The van der Waals surface area contributed by atoms with E-state index in [1.54, 1.807) is 0 Å². The molecule has 21 heavy (non-hydrogen) atoms. The smallest absolute Gasteiger partial charge is 0.162 e. The maximum Gasteiger partial charge on any atom is 0.162 e. The maximum absolute atomic E-state index is 5.68. The van der Waals surface area contributed by atoms with Gasteiger partial charge in [0.05, 0.1) is 4.83 Å². The molecule has 0 spiro atoms. The molecular formula is C15H10Br3IO2. The zero-order valence-electron chi connectivity index (χ0n) is 10.7. The largest absolute Gasteiger partial charge is 0.486 e. The van der Waals surface area contributed by atoms with Gasteiger partial charge in [0.1, 0.15) is 13.2 Å². The molecule has 0 fully saturated rings. The first-order chi connectivity index (χ1) is 10.1. The van der Waals surface area contributed by atoms with Crippen LogP contribution in [0, 0.1) is 3.57 Å². The van der Waals surface area contributed by atoms with Crippen LogP contribution in [0.1, 0.15) is 16.0 Å². The molecule has 3 rings (SSSR count). The van der Waals surface area contributed by atoms with E-state index in [1.165, 1.54) is 9.13 Å². The van der Waals surface area contributed by atoms with Crippen LogP contribution in [0.2, 0.25) is 0 Å². The highest BCUT2D eigenvalue weighted by Gasteiger charge is 2.21. The van der Waals surface area contributed by atoms with E-state index in [2.05, 4.69) is 82.5 Å². The molecule has 0 radical (unpaired) electrons. The Bertz CT molecular complexity index is 691. The third kappa shape index (κ3) is 3.43. The van der Waals surface area contributed by atoms with Crippen LogP contribution >= 0.6 is 70.4 Å². The van der Waals surface area contributed by atoms with Gasteiger partial charge in [-0.15, -0.1) is 0 Å². The third-order valence-corrected chi connectivity index (χ3v) is 6.31. The number of fused-ring (bicyclic) bond motifs is 1. The molecule has 0 bridgehead atoms. The standard InChI is InChI=1S/C15H10Br3IO2/c16-8-1-2-12(19)10(5-8)15(18)9-6-13-14(7-11(9)17)21-4-3-20-13/h1-2,5-7,15H,3-4H2. The highest BCUT2D eigenvalue weighted by molar-refractivity contribution is 14.1. The van der Waals surface area contributed by atoms with Gasteiger partial charge in [-0.2, -0.15) is 0 Å². The molecule has 2 aromatic rings. The van der Waals surface area contributed by atoms with E-state index in [4.69, 9.17) is 9.47 Å². The number of ether oxygens (including phenoxy) is 2. The first kappa shape index (κ1) is 16.1. The van der Waals surface area contributed by atoms with Crippen molar-refractivity contribution in [2.75, 3.05) is 13.2 Å². The van der Waals surface area contributed by atoms with E-state index in [1.807, 2.05) is 18.2 Å². The van der Waals surface area contributed by atoms with Crippen molar-refractivity contribution in [3.63, 3.8) is 0 Å². The summed E-state index contributed by atoms with van der Waals surface area (Å²) in [6, 6.07) is 10.3. The molecule has 0 amide bonds. The lowest BCUT2D eigenvalue weighted by Crippen LogP contribution is -2.15. The number of halogens is 4. The summed E-state index contributed by atoms with van der Waals surface area (Å²) in [4.78, 5) is 0.0760. The molecule has 1 aliphatic heterocycles. The maximum atomic E-state index is 5.68. The molecule has 2 nitrogen and oxygen atoms in total. The summed E-state index contributed by atoms with van der Waals surface area (Å²) in [5, 5.41) is 0. The SMILES string of the molecule is Brc1ccc(I)c(C(Br)c2cc3c(cc2Br)OCCO3)c1. The van der Waals surface area contributed by atoms with Crippen LogP contribution in [-0.2, 0) is 0 Å². The van der Waals surface area contributed by atoms with E-state index >= 15 is 0 Å². The predicted octanol–water partition coefficient (Wildman–Crippen LogP) is 6.07. The van der Waals surface area contributed by atoms with Crippen LogP contribution in [0.3, 0.4) is 0 Å². The molecule has 0 aromatic heterocycles. The van der Waals surface area contributed by atoms with Crippen molar-refractivity contribution in [3.8, 4) is 11.5 Å². The molecule has 1 unspecified atom stereocenters. The number of rotatable bonds is 2. The fourth-order valence-corrected chi connectivity index (χ4v) is 5.22. The molecule has 1 atom stereocenters. The van der Waals surface area contributed by atoms with Gasteiger partial charge in [0, 0.05) is 12.5 Å². The minimum atomic E-state index is 0.0760. The first-order valence-corrected chi connectivity index (χ1v) is 9.82. The van der Waals surface area contributed by atoms with Crippen molar-refractivity contribution in [2.45, 2.75) is 4.83 Å². The second kappa shape index (κ2) is 6.76. The van der Waals surface area contributed by atoms with Gasteiger partial charge in [0.15, 0.2) is 11.5 Å². The molecule has 1 heterocycles. The second-order valence-electron chi connectivity index (χ2n) is 4.55. The highest BCUT2D eigenvalue weighted by Crippen LogP contribution is 2.43. The molecule has 0 N–H and O–H groups in total.